The van der Waals surface area contributed by atoms with E-state index < -0.39 is 0 Å². The predicted octanol–water partition coefficient (Wildman–Crippen LogP) is 1.19. The summed E-state index contributed by atoms with van der Waals surface area (Å²) in [5.41, 5.74) is 1.09. The molecule has 4 heteroatoms. The van der Waals surface area contributed by atoms with Crippen molar-refractivity contribution in [3.8, 4) is 6.07 Å². The SMILES string of the molecule is N#Cc1ccc(F)cc1COC1CNC1. The molecule has 0 radical (unpaired) electrons. The van der Waals surface area contributed by atoms with Crippen LogP contribution in [0.2, 0.25) is 0 Å². The molecule has 1 aliphatic heterocycles. The molecule has 0 aromatic heterocycles. The van der Waals surface area contributed by atoms with E-state index in [4.69, 9.17) is 10.00 Å². The zero-order chi connectivity index (χ0) is 10.7. The van der Waals surface area contributed by atoms with Crippen LogP contribution in [0.25, 0.3) is 0 Å². The van der Waals surface area contributed by atoms with Gasteiger partial charge in [-0.1, -0.05) is 0 Å². The topological polar surface area (TPSA) is 45.0 Å². The first-order valence-electron chi connectivity index (χ1n) is 4.80. The smallest absolute Gasteiger partial charge is 0.123 e. The van der Waals surface area contributed by atoms with Gasteiger partial charge < -0.3 is 10.1 Å². The summed E-state index contributed by atoms with van der Waals surface area (Å²) in [5, 5.41) is 11.9. The Morgan fingerprint density at radius 3 is 2.93 bits per heavy atom. The van der Waals surface area contributed by atoms with Crippen LogP contribution in [0, 0.1) is 17.1 Å². The molecule has 1 aromatic rings. The van der Waals surface area contributed by atoms with Crippen LogP contribution in [-0.4, -0.2) is 19.2 Å². The Morgan fingerprint density at radius 1 is 1.53 bits per heavy atom. The molecule has 78 valence electrons. The maximum atomic E-state index is 12.9. The summed E-state index contributed by atoms with van der Waals surface area (Å²) in [6.45, 7) is 1.96. The van der Waals surface area contributed by atoms with Gasteiger partial charge in [-0.15, -0.1) is 0 Å². The summed E-state index contributed by atoms with van der Waals surface area (Å²) in [5.74, 6) is -0.334. The molecular formula is C11H11FN2O. The molecule has 0 saturated carbocycles. The fraction of sp³-hybridized carbons (Fsp3) is 0.364. The number of halogens is 1. The Hall–Kier alpha value is -1.44. The third-order valence-corrected chi connectivity index (χ3v) is 2.41. The van der Waals surface area contributed by atoms with Crippen LogP contribution in [0.1, 0.15) is 11.1 Å². The molecule has 1 aliphatic rings. The molecule has 2 rings (SSSR count). The molecule has 0 aliphatic carbocycles. The van der Waals surface area contributed by atoms with Crippen molar-refractivity contribution >= 4 is 0 Å². The monoisotopic (exact) mass is 206 g/mol. The van der Waals surface area contributed by atoms with Gasteiger partial charge >= 0.3 is 0 Å². The van der Waals surface area contributed by atoms with E-state index in [2.05, 4.69) is 5.32 Å². The van der Waals surface area contributed by atoms with Gasteiger partial charge in [0, 0.05) is 13.1 Å². The highest BCUT2D eigenvalue weighted by molar-refractivity contribution is 5.37. The third-order valence-electron chi connectivity index (χ3n) is 2.41. The number of rotatable bonds is 3. The predicted molar refractivity (Wildman–Crippen MR) is 52.6 cm³/mol. The van der Waals surface area contributed by atoms with Crippen molar-refractivity contribution < 1.29 is 9.13 Å². The van der Waals surface area contributed by atoms with Gasteiger partial charge in [-0.25, -0.2) is 4.39 Å². The van der Waals surface area contributed by atoms with E-state index in [0.29, 0.717) is 17.7 Å². The van der Waals surface area contributed by atoms with Crippen LogP contribution in [0.15, 0.2) is 18.2 Å². The van der Waals surface area contributed by atoms with E-state index in [1.807, 2.05) is 6.07 Å². The van der Waals surface area contributed by atoms with Crippen molar-refractivity contribution in [1.82, 2.24) is 5.32 Å². The van der Waals surface area contributed by atoms with E-state index in [1.165, 1.54) is 18.2 Å². The third kappa shape index (κ3) is 2.32. The van der Waals surface area contributed by atoms with E-state index >= 15 is 0 Å². The Kier molecular flexibility index (Phi) is 2.95. The van der Waals surface area contributed by atoms with Crippen molar-refractivity contribution in [2.45, 2.75) is 12.7 Å². The first-order chi connectivity index (χ1) is 7.29. The number of benzene rings is 1. The lowest BCUT2D eigenvalue weighted by molar-refractivity contribution is 0.00739. The zero-order valence-electron chi connectivity index (χ0n) is 8.16. The summed E-state index contributed by atoms with van der Waals surface area (Å²) in [7, 11) is 0. The Morgan fingerprint density at radius 2 is 2.33 bits per heavy atom. The highest BCUT2D eigenvalue weighted by Gasteiger charge is 2.17. The van der Waals surface area contributed by atoms with Gasteiger partial charge in [-0.05, 0) is 23.8 Å². The highest BCUT2D eigenvalue weighted by Crippen LogP contribution is 2.13. The number of nitrogens with one attached hydrogen (secondary N) is 1. The number of hydrogen-bond donors (Lipinski definition) is 1. The van der Waals surface area contributed by atoms with E-state index in [9.17, 15) is 4.39 Å². The number of hydrogen-bond acceptors (Lipinski definition) is 3. The summed E-state index contributed by atoms with van der Waals surface area (Å²) in [4.78, 5) is 0. The molecule has 0 spiro atoms. The van der Waals surface area contributed by atoms with Gasteiger partial charge in [0.05, 0.1) is 24.3 Å². The first kappa shape index (κ1) is 10.1. The van der Waals surface area contributed by atoms with E-state index in [1.54, 1.807) is 0 Å². The average Bonchev–Trinajstić information content (AvgIpc) is 2.16. The lowest BCUT2D eigenvalue weighted by Gasteiger charge is -2.27. The maximum Gasteiger partial charge on any atom is 0.123 e. The van der Waals surface area contributed by atoms with Crippen molar-refractivity contribution in [3.05, 3.63) is 35.1 Å². The number of ether oxygens (including phenoxy) is 1. The number of nitrogens with zero attached hydrogens (tertiary/aromatic N) is 1. The van der Waals surface area contributed by atoms with E-state index in [0.717, 1.165) is 13.1 Å². The molecule has 1 N–H and O–H groups in total. The largest absolute Gasteiger partial charge is 0.371 e. The Labute approximate surface area is 87.5 Å². The van der Waals surface area contributed by atoms with Crippen LogP contribution < -0.4 is 5.32 Å². The molecular weight excluding hydrogens is 195 g/mol. The fourth-order valence-corrected chi connectivity index (χ4v) is 1.38. The lowest BCUT2D eigenvalue weighted by atomic mass is 10.1. The minimum Gasteiger partial charge on any atom is -0.371 e. The van der Waals surface area contributed by atoms with Crippen molar-refractivity contribution in [1.29, 1.82) is 5.26 Å². The van der Waals surface area contributed by atoms with Crippen molar-refractivity contribution in [3.63, 3.8) is 0 Å². The number of nitriles is 1. The Bertz CT molecular complexity index is 396. The normalized spacial score (nSPS) is 15.7. The summed E-state index contributed by atoms with van der Waals surface area (Å²) >= 11 is 0. The van der Waals surface area contributed by atoms with Gasteiger partial charge in [0.15, 0.2) is 0 Å². The van der Waals surface area contributed by atoms with Crippen LogP contribution >= 0.6 is 0 Å². The molecule has 1 heterocycles. The second-order valence-corrected chi connectivity index (χ2v) is 3.50. The zero-order valence-corrected chi connectivity index (χ0v) is 8.16. The standard InChI is InChI=1S/C11H11FN2O/c12-10-2-1-8(4-13)9(3-10)7-15-11-5-14-6-11/h1-3,11,14H,5-7H2. The maximum absolute atomic E-state index is 12.9. The van der Waals surface area contributed by atoms with Crippen LogP contribution in [-0.2, 0) is 11.3 Å². The molecule has 0 amide bonds. The summed E-state index contributed by atoms with van der Waals surface area (Å²) < 4.78 is 18.4. The van der Waals surface area contributed by atoms with Gasteiger partial charge in [0.2, 0.25) is 0 Å². The lowest BCUT2D eigenvalue weighted by Crippen LogP contribution is -2.48. The highest BCUT2D eigenvalue weighted by atomic mass is 19.1. The summed E-state index contributed by atoms with van der Waals surface area (Å²) in [6, 6.07) is 6.14. The second kappa shape index (κ2) is 4.39. The molecule has 1 saturated heterocycles. The molecule has 15 heavy (non-hydrogen) atoms. The quantitative estimate of drug-likeness (QED) is 0.807. The van der Waals surface area contributed by atoms with Crippen LogP contribution in [0.4, 0.5) is 4.39 Å². The summed E-state index contributed by atoms with van der Waals surface area (Å²) in [6.07, 6.45) is 0.194. The Balaban J connectivity index is 2.05. The minimum atomic E-state index is -0.334. The minimum absolute atomic E-state index is 0.194. The van der Waals surface area contributed by atoms with Gasteiger partial charge in [-0.3, -0.25) is 0 Å². The average molecular weight is 206 g/mol. The first-order valence-corrected chi connectivity index (χ1v) is 4.80. The van der Waals surface area contributed by atoms with E-state index in [-0.39, 0.29) is 11.9 Å². The molecule has 3 nitrogen and oxygen atoms in total. The van der Waals surface area contributed by atoms with Gasteiger partial charge in [-0.2, -0.15) is 5.26 Å². The molecule has 0 bridgehead atoms. The van der Waals surface area contributed by atoms with Crippen LogP contribution in [0.3, 0.4) is 0 Å². The van der Waals surface area contributed by atoms with Crippen molar-refractivity contribution in [2.24, 2.45) is 0 Å². The van der Waals surface area contributed by atoms with Crippen molar-refractivity contribution in [2.75, 3.05) is 13.1 Å². The van der Waals surface area contributed by atoms with Gasteiger partial charge in [0.1, 0.15) is 5.82 Å². The molecule has 1 fully saturated rings. The molecule has 0 atom stereocenters. The van der Waals surface area contributed by atoms with Crippen LogP contribution in [0.5, 0.6) is 0 Å². The fourth-order valence-electron chi connectivity index (χ4n) is 1.38. The molecule has 0 unspecified atom stereocenters. The van der Waals surface area contributed by atoms with Gasteiger partial charge in [0.25, 0.3) is 0 Å². The molecule has 1 aromatic carbocycles. The second-order valence-electron chi connectivity index (χ2n) is 3.50.